The second kappa shape index (κ2) is 5.35. The maximum atomic E-state index is 5.73. The maximum Gasteiger partial charge on any atom is 0.129 e. The van der Waals surface area contributed by atoms with E-state index in [4.69, 9.17) is 5.73 Å². The molecule has 0 aliphatic heterocycles. The third-order valence-corrected chi connectivity index (χ3v) is 3.77. The molecule has 1 rings (SSSR count). The van der Waals surface area contributed by atoms with Gasteiger partial charge < -0.3 is 5.73 Å². The third-order valence-electron chi connectivity index (χ3n) is 2.27. The lowest BCUT2D eigenvalue weighted by Crippen LogP contribution is -2.16. The van der Waals surface area contributed by atoms with Gasteiger partial charge in [0.25, 0.3) is 0 Å². The standard InChI is InChI=1S/C13H18INSi/c1-10-11(5-6-16(2,3)4)7-13(14)8-12(10)9-15/h7-8H,9,15H2,1-4H3. The van der Waals surface area contributed by atoms with Crippen LogP contribution in [0.2, 0.25) is 19.6 Å². The van der Waals surface area contributed by atoms with Crippen molar-refractivity contribution in [3.63, 3.8) is 0 Å². The molecule has 0 heterocycles. The molecule has 0 radical (unpaired) electrons. The Hall–Kier alpha value is -0.313. The number of hydrogen-bond donors (Lipinski definition) is 1. The molecule has 1 nitrogen and oxygen atoms in total. The molecule has 0 aliphatic carbocycles. The molecule has 0 spiro atoms. The summed E-state index contributed by atoms with van der Waals surface area (Å²) < 4.78 is 1.21. The lowest BCUT2D eigenvalue weighted by Gasteiger charge is -2.08. The highest BCUT2D eigenvalue weighted by atomic mass is 127. The summed E-state index contributed by atoms with van der Waals surface area (Å²) in [5.74, 6) is 3.32. The summed E-state index contributed by atoms with van der Waals surface area (Å²) in [7, 11) is -1.30. The second-order valence-corrected chi connectivity index (χ2v) is 10.9. The molecule has 0 aliphatic rings. The topological polar surface area (TPSA) is 26.0 Å². The van der Waals surface area contributed by atoms with Gasteiger partial charge in [-0.1, -0.05) is 25.6 Å². The molecular formula is C13H18INSi. The molecule has 1 aromatic carbocycles. The van der Waals surface area contributed by atoms with Crippen LogP contribution in [0.4, 0.5) is 0 Å². The fraction of sp³-hybridized carbons (Fsp3) is 0.385. The highest BCUT2D eigenvalue weighted by molar-refractivity contribution is 14.1. The average Bonchev–Trinajstić information content (AvgIpc) is 2.17. The zero-order valence-electron chi connectivity index (χ0n) is 10.3. The van der Waals surface area contributed by atoms with Crippen molar-refractivity contribution in [3.8, 4) is 11.5 Å². The minimum Gasteiger partial charge on any atom is -0.326 e. The van der Waals surface area contributed by atoms with Crippen molar-refractivity contribution in [1.82, 2.24) is 0 Å². The van der Waals surface area contributed by atoms with Gasteiger partial charge >= 0.3 is 0 Å². The second-order valence-electron chi connectivity index (χ2n) is 4.94. The van der Waals surface area contributed by atoms with Gasteiger partial charge in [0.1, 0.15) is 8.07 Å². The van der Waals surface area contributed by atoms with Gasteiger partial charge in [-0.2, -0.15) is 0 Å². The Labute approximate surface area is 113 Å². The van der Waals surface area contributed by atoms with E-state index in [0.29, 0.717) is 6.54 Å². The number of rotatable bonds is 1. The molecule has 86 valence electrons. The molecule has 0 amide bonds. The highest BCUT2D eigenvalue weighted by Gasteiger charge is 2.08. The van der Waals surface area contributed by atoms with E-state index in [1.807, 2.05) is 0 Å². The van der Waals surface area contributed by atoms with Crippen LogP contribution in [0.15, 0.2) is 12.1 Å². The monoisotopic (exact) mass is 343 g/mol. The fourth-order valence-corrected chi connectivity index (χ4v) is 2.53. The Bertz CT molecular complexity index is 449. The molecule has 2 N–H and O–H groups in total. The minimum absolute atomic E-state index is 0.588. The van der Waals surface area contributed by atoms with Gasteiger partial charge in [-0.3, -0.25) is 0 Å². The number of hydrogen-bond acceptors (Lipinski definition) is 1. The molecule has 1 aromatic rings. The van der Waals surface area contributed by atoms with Gasteiger partial charge in [-0.15, -0.1) is 5.54 Å². The smallest absolute Gasteiger partial charge is 0.129 e. The van der Waals surface area contributed by atoms with Crippen LogP contribution in [-0.2, 0) is 6.54 Å². The predicted octanol–water partition coefficient (Wildman–Crippen LogP) is 3.29. The largest absolute Gasteiger partial charge is 0.326 e. The molecule has 0 unspecified atom stereocenters. The van der Waals surface area contributed by atoms with E-state index in [1.165, 1.54) is 14.7 Å². The molecule has 0 atom stereocenters. The van der Waals surface area contributed by atoms with Gasteiger partial charge in [-0.05, 0) is 52.8 Å². The first-order valence-corrected chi connectivity index (χ1v) is 9.93. The average molecular weight is 343 g/mol. The van der Waals surface area contributed by atoms with Gasteiger partial charge in [0.2, 0.25) is 0 Å². The van der Waals surface area contributed by atoms with Gasteiger partial charge in [0.05, 0.1) is 0 Å². The van der Waals surface area contributed by atoms with Gasteiger partial charge in [-0.25, -0.2) is 0 Å². The van der Waals surface area contributed by atoms with Crippen LogP contribution in [0.25, 0.3) is 0 Å². The molecule has 0 fully saturated rings. The van der Waals surface area contributed by atoms with E-state index in [1.54, 1.807) is 0 Å². The zero-order valence-corrected chi connectivity index (χ0v) is 13.5. The Kier molecular flexibility index (Phi) is 4.59. The number of halogens is 1. The van der Waals surface area contributed by atoms with Crippen molar-refractivity contribution < 1.29 is 0 Å². The molecule has 3 heteroatoms. The molecule has 0 aromatic heterocycles. The van der Waals surface area contributed by atoms with E-state index in [9.17, 15) is 0 Å². The molecule has 0 saturated heterocycles. The normalized spacial score (nSPS) is 10.9. The lowest BCUT2D eigenvalue weighted by molar-refractivity contribution is 1.04. The van der Waals surface area contributed by atoms with Gasteiger partial charge in [0.15, 0.2) is 0 Å². The van der Waals surface area contributed by atoms with E-state index >= 15 is 0 Å². The van der Waals surface area contributed by atoms with E-state index < -0.39 is 8.07 Å². The van der Waals surface area contributed by atoms with Crippen molar-refractivity contribution in [1.29, 1.82) is 0 Å². The number of benzene rings is 1. The molecule has 0 bridgehead atoms. The van der Waals surface area contributed by atoms with Gasteiger partial charge in [0, 0.05) is 15.7 Å². The van der Waals surface area contributed by atoms with Crippen molar-refractivity contribution in [2.75, 3.05) is 0 Å². The van der Waals surface area contributed by atoms with Crippen LogP contribution >= 0.6 is 22.6 Å². The summed E-state index contributed by atoms with van der Waals surface area (Å²) in [6.07, 6.45) is 0. The maximum absolute atomic E-state index is 5.73. The van der Waals surface area contributed by atoms with Crippen molar-refractivity contribution in [2.24, 2.45) is 5.73 Å². The van der Waals surface area contributed by atoms with Crippen LogP contribution in [0, 0.1) is 22.0 Å². The Balaban J connectivity index is 3.23. The SMILES string of the molecule is Cc1c(C#C[Si](C)(C)C)cc(I)cc1CN. The Morgan fingerprint density at radius 1 is 1.31 bits per heavy atom. The van der Waals surface area contributed by atoms with E-state index in [2.05, 4.69) is 72.8 Å². The van der Waals surface area contributed by atoms with Crippen LogP contribution in [0.5, 0.6) is 0 Å². The molecule has 16 heavy (non-hydrogen) atoms. The summed E-state index contributed by atoms with van der Waals surface area (Å²) in [6, 6.07) is 4.28. The summed E-state index contributed by atoms with van der Waals surface area (Å²) in [5.41, 5.74) is 12.7. The van der Waals surface area contributed by atoms with Crippen molar-refractivity contribution >= 4 is 30.7 Å². The summed E-state index contributed by atoms with van der Waals surface area (Å²) >= 11 is 2.32. The van der Waals surface area contributed by atoms with Crippen LogP contribution in [0.3, 0.4) is 0 Å². The van der Waals surface area contributed by atoms with Crippen LogP contribution in [-0.4, -0.2) is 8.07 Å². The molecule has 0 saturated carbocycles. The zero-order chi connectivity index (χ0) is 12.3. The fourth-order valence-electron chi connectivity index (χ4n) is 1.33. The first-order chi connectivity index (χ1) is 7.33. The van der Waals surface area contributed by atoms with E-state index in [0.717, 1.165) is 5.56 Å². The summed E-state index contributed by atoms with van der Waals surface area (Å²) in [6.45, 7) is 9.46. The first kappa shape index (κ1) is 13.8. The Morgan fingerprint density at radius 3 is 2.44 bits per heavy atom. The number of nitrogens with two attached hydrogens (primary N) is 1. The van der Waals surface area contributed by atoms with Crippen molar-refractivity contribution in [2.45, 2.75) is 33.1 Å². The summed E-state index contributed by atoms with van der Waals surface area (Å²) in [5, 5.41) is 0. The minimum atomic E-state index is -1.30. The first-order valence-electron chi connectivity index (χ1n) is 5.36. The van der Waals surface area contributed by atoms with Crippen molar-refractivity contribution in [3.05, 3.63) is 32.4 Å². The lowest BCUT2D eigenvalue weighted by atomic mass is 10.0. The highest BCUT2D eigenvalue weighted by Crippen LogP contribution is 2.17. The van der Waals surface area contributed by atoms with Crippen LogP contribution < -0.4 is 5.73 Å². The molecular weight excluding hydrogens is 325 g/mol. The summed E-state index contributed by atoms with van der Waals surface area (Å²) in [4.78, 5) is 0. The Morgan fingerprint density at radius 2 is 1.94 bits per heavy atom. The van der Waals surface area contributed by atoms with E-state index in [-0.39, 0.29) is 0 Å². The quantitative estimate of drug-likeness (QED) is 0.473. The van der Waals surface area contributed by atoms with Crippen LogP contribution in [0.1, 0.15) is 16.7 Å². The third kappa shape index (κ3) is 3.93. The predicted molar refractivity (Wildman–Crippen MR) is 82.0 cm³/mol.